The van der Waals surface area contributed by atoms with Gasteiger partial charge in [-0.15, -0.1) is 5.10 Å². The summed E-state index contributed by atoms with van der Waals surface area (Å²) in [6, 6.07) is 18.6. The van der Waals surface area contributed by atoms with Crippen molar-refractivity contribution < 1.29 is 19.1 Å². The van der Waals surface area contributed by atoms with Gasteiger partial charge in [-0.1, -0.05) is 54.3 Å². The first kappa shape index (κ1) is 27.5. The van der Waals surface area contributed by atoms with Crippen LogP contribution in [-0.4, -0.2) is 47.1 Å². The highest BCUT2D eigenvalue weighted by Crippen LogP contribution is 2.35. The van der Waals surface area contributed by atoms with E-state index >= 15 is 0 Å². The van der Waals surface area contributed by atoms with Gasteiger partial charge in [-0.05, 0) is 66.9 Å². The van der Waals surface area contributed by atoms with Crippen molar-refractivity contribution in [2.45, 2.75) is 50.7 Å². The lowest BCUT2D eigenvalue weighted by Crippen LogP contribution is -2.48. The first-order chi connectivity index (χ1) is 19.5. The van der Waals surface area contributed by atoms with Gasteiger partial charge in [0, 0.05) is 16.8 Å². The number of benzene rings is 3. The maximum atomic E-state index is 14.2. The second-order valence-electron chi connectivity index (χ2n) is 9.84. The fraction of sp³-hybridized carbons (Fsp3) is 0.333. The predicted molar refractivity (Wildman–Crippen MR) is 154 cm³/mol. The maximum Gasteiger partial charge on any atom is 0.249 e. The van der Waals surface area contributed by atoms with Crippen LogP contribution in [0.4, 0.5) is 5.69 Å². The molecular weight excluding hydrogens is 530 g/mol. The zero-order valence-corrected chi connectivity index (χ0v) is 23.3. The van der Waals surface area contributed by atoms with Crippen molar-refractivity contribution in [3.05, 3.63) is 77.3 Å². The normalized spacial score (nSPS) is 14.5. The molecule has 1 fully saturated rings. The minimum absolute atomic E-state index is 0.0466. The van der Waals surface area contributed by atoms with Crippen molar-refractivity contribution in [3.63, 3.8) is 0 Å². The van der Waals surface area contributed by atoms with Gasteiger partial charge in [0.1, 0.15) is 18.1 Å². The number of ether oxygens (including phenoxy) is 2. The van der Waals surface area contributed by atoms with Gasteiger partial charge in [0.05, 0.1) is 19.7 Å². The number of fused-ring (bicyclic) bond motifs is 1. The number of carbonyl (C=O) groups excluding carboxylic acids is 2. The Hall–Kier alpha value is -4.11. The van der Waals surface area contributed by atoms with Crippen LogP contribution in [0, 0.1) is 0 Å². The number of carbonyl (C=O) groups is 2. The molecule has 1 atom stereocenters. The number of hydrogen-bond acceptors (Lipinski definition) is 6. The van der Waals surface area contributed by atoms with E-state index in [1.807, 2.05) is 24.3 Å². The number of para-hydroxylation sites is 1. The number of methoxy groups -OCH3 is 2. The van der Waals surface area contributed by atoms with Gasteiger partial charge < -0.3 is 14.8 Å². The number of aromatic nitrogens is 3. The van der Waals surface area contributed by atoms with Gasteiger partial charge in [-0.3, -0.25) is 14.5 Å². The molecule has 0 bridgehead atoms. The summed E-state index contributed by atoms with van der Waals surface area (Å²) in [4.78, 5) is 29.8. The van der Waals surface area contributed by atoms with E-state index in [1.165, 1.54) is 12.0 Å². The fourth-order valence-electron chi connectivity index (χ4n) is 5.24. The SMILES string of the molecule is COc1ccc([C@@H](C(=O)NC2CCCCC2)N(C(=O)Cn2nnc3ccccc32)c2ccc(Cl)cc2)cc1OC. The highest BCUT2D eigenvalue weighted by molar-refractivity contribution is 6.30. The molecule has 0 radical (unpaired) electrons. The molecule has 1 N–H and O–H groups in total. The number of anilines is 1. The third-order valence-corrected chi connectivity index (χ3v) is 7.51. The number of halogens is 1. The molecule has 1 aromatic heterocycles. The number of nitrogens with zero attached hydrogens (tertiary/aromatic N) is 4. The van der Waals surface area contributed by atoms with Gasteiger partial charge >= 0.3 is 0 Å². The van der Waals surface area contributed by atoms with Crippen LogP contribution in [0.3, 0.4) is 0 Å². The average Bonchev–Trinajstić information content (AvgIpc) is 3.39. The summed E-state index contributed by atoms with van der Waals surface area (Å²) in [6.07, 6.45) is 5.09. The van der Waals surface area contributed by atoms with E-state index in [0.29, 0.717) is 33.3 Å². The molecule has 0 aliphatic heterocycles. The Bertz CT molecular complexity index is 1480. The molecule has 208 valence electrons. The van der Waals surface area contributed by atoms with Crippen LogP contribution in [-0.2, 0) is 16.1 Å². The van der Waals surface area contributed by atoms with Gasteiger partial charge in [-0.2, -0.15) is 0 Å². The Kier molecular flexibility index (Phi) is 8.50. The summed E-state index contributed by atoms with van der Waals surface area (Å²) in [5.41, 5.74) is 2.51. The smallest absolute Gasteiger partial charge is 0.249 e. The van der Waals surface area contributed by atoms with Crippen LogP contribution in [0.5, 0.6) is 11.5 Å². The van der Waals surface area contributed by atoms with Crippen LogP contribution in [0.2, 0.25) is 5.02 Å². The second-order valence-corrected chi connectivity index (χ2v) is 10.3. The summed E-state index contributed by atoms with van der Waals surface area (Å²) in [6.45, 7) is -0.121. The summed E-state index contributed by atoms with van der Waals surface area (Å²) in [5, 5.41) is 12.1. The molecule has 9 nitrogen and oxygen atoms in total. The summed E-state index contributed by atoms with van der Waals surface area (Å²) < 4.78 is 12.5. The standard InChI is InChI=1S/C30H32ClN5O4/c1-39-26-17-12-20(18-27(26)40-2)29(30(38)32-22-8-4-3-5-9-22)36(23-15-13-21(31)14-16-23)28(37)19-35-25-11-7-6-10-24(25)33-34-35/h6-7,10-18,22,29H,3-5,8-9,19H2,1-2H3,(H,32,38)/t29-/m0/s1. The van der Waals surface area contributed by atoms with Crippen molar-refractivity contribution in [3.8, 4) is 11.5 Å². The molecule has 2 amide bonds. The topological polar surface area (TPSA) is 98.6 Å². The van der Waals surface area contributed by atoms with Crippen LogP contribution < -0.4 is 19.7 Å². The van der Waals surface area contributed by atoms with E-state index in [2.05, 4.69) is 15.6 Å². The van der Waals surface area contributed by atoms with Crippen LogP contribution in [0.15, 0.2) is 66.7 Å². The van der Waals surface area contributed by atoms with E-state index in [1.54, 1.807) is 54.3 Å². The molecule has 3 aromatic carbocycles. The maximum absolute atomic E-state index is 14.2. The molecule has 4 aromatic rings. The van der Waals surface area contributed by atoms with Crippen molar-refractivity contribution in [2.75, 3.05) is 19.1 Å². The van der Waals surface area contributed by atoms with E-state index in [9.17, 15) is 9.59 Å². The molecule has 0 saturated heterocycles. The van der Waals surface area contributed by atoms with Crippen molar-refractivity contribution in [1.29, 1.82) is 0 Å². The molecule has 1 aliphatic rings. The van der Waals surface area contributed by atoms with Crippen molar-refractivity contribution in [2.24, 2.45) is 0 Å². The van der Waals surface area contributed by atoms with E-state index < -0.39 is 6.04 Å². The summed E-state index contributed by atoms with van der Waals surface area (Å²) in [7, 11) is 3.09. The van der Waals surface area contributed by atoms with E-state index in [4.69, 9.17) is 21.1 Å². The molecule has 0 spiro atoms. The fourth-order valence-corrected chi connectivity index (χ4v) is 5.37. The van der Waals surface area contributed by atoms with E-state index in [-0.39, 0.29) is 24.4 Å². The third kappa shape index (κ3) is 5.89. The van der Waals surface area contributed by atoms with Crippen LogP contribution in [0.25, 0.3) is 11.0 Å². The minimum atomic E-state index is -0.995. The number of rotatable bonds is 9. The molecule has 5 rings (SSSR count). The molecule has 40 heavy (non-hydrogen) atoms. The lowest BCUT2D eigenvalue weighted by Gasteiger charge is -2.33. The first-order valence-electron chi connectivity index (χ1n) is 13.4. The quantitative estimate of drug-likeness (QED) is 0.297. The lowest BCUT2D eigenvalue weighted by molar-refractivity contribution is -0.127. The predicted octanol–water partition coefficient (Wildman–Crippen LogP) is 5.33. The molecule has 1 heterocycles. The van der Waals surface area contributed by atoms with Crippen molar-refractivity contribution in [1.82, 2.24) is 20.3 Å². The summed E-state index contributed by atoms with van der Waals surface area (Å²) in [5.74, 6) is 0.375. The Balaban J connectivity index is 1.59. The Morgan fingerprint density at radius 2 is 1.73 bits per heavy atom. The highest BCUT2D eigenvalue weighted by atomic mass is 35.5. The lowest BCUT2D eigenvalue weighted by atomic mass is 9.94. The second kappa shape index (κ2) is 12.4. The number of nitrogens with one attached hydrogen (secondary N) is 1. The van der Waals surface area contributed by atoms with Gasteiger partial charge in [-0.25, -0.2) is 4.68 Å². The Labute approximate surface area is 238 Å². The van der Waals surface area contributed by atoms with E-state index in [0.717, 1.165) is 37.6 Å². The van der Waals surface area contributed by atoms with Gasteiger partial charge in [0.15, 0.2) is 11.5 Å². The highest BCUT2D eigenvalue weighted by Gasteiger charge is 2.35. The zero-order valence-electron chi connectivity index (χ0n) is 22.5. The molecular formula is C30H32ClN5O4. The first-order valence-corrected chi connectivity index (χ1v) is 13.7. The Morgan fingerprint density at radius 3 is 2.45 bits per heavy atom. The van der Waals surface area contributed by atoms with Gasteiger partial charge in [0.25, 0.3) is 0 Å². The molecule has 0 unspecified atom stereocenters. The largest absolute Gasteiger partial charge is 0.493 e. The van der Waals surface area contributed by atoms with Crippen LogP contribution >= 0.6 is 11.6 Å². The zero-order chi connectivity index (χ0) is 28.1. The number of hydrogen-bond donors (Lipinski definition) is 1. The minimum Gasteiger partial charge on any atom is -0.493 e. The molecule has 1 aliphatic carbocycles. The molecule has 1 saturated carbocycles. The molecule has 10 heteroatoms. The van der Waals surface area contributed by atoms with Crippen molar-refractivity contribution >= 4 is 40.1 Å². The van der Waals surface area contributed by atoms with Crippen LogP contribution in [0.1, 0.15) is 43.7 Å². The Morgan fingerprint density at radius 1 is 1.00 bits per heavy atom. The van der Waals surface area contributed by atoms with Gasteiger partial charge in [0.2, 0.25) is 11.8 Å². The number of amides is 2. The average molecular weight is 562 g/mol. The third-order valence-electron chi connectivity index (χ3n) is 7.26. The summed E-state index contributed by atoms with van der Waals surface area (Å²) >= 11 is 6.20. The monoisotopic (exact) mass is 561 g/mol.